The molecule has 0 bridgehead atoms. The number of aromatic nitrogens is 2. The van der Waals surface area contributed by atoms with Crippen LogP contribution in [-0.4, -0.2) is 9.55 Å². The van der Waals surface area contributed by atoms with E-state index in [1.807, 2.05) is 0 Å². The molecule has 1 aromatic carbocycles. The molecule has 17 heavy (non-hydrogen) atoms. The standard InChI is InChI=1S/C15H20N2/c1-11-8-9-14-15(10-11)17(12(2)16-14)13-6-4-3-5-7-13/h8-10,13H,3-7H2,1-2H3. The second kappa shape index (κ2) is 4.17. The van der Waals surface area contributed by atoms with E-state index in [2.05, 4.69) is 36.6 Å². The molecule has 0 radical (unpaired) electrons. The molecular formula is C15H20N2. The second-order valence-electron chi connectivity index (χ2n) is 5.31. The minimum atomic E-state index is 0.676. The molecule has 0 spiro atoms. The number of benzene rings is 1. The van der Waals surface area contributed by atoms with Crippen molar-refractivity contribution in [2.75, 3.05) is 0 Å². The van der Waals surface area contributed by atoms with Crippen LogP contribution in [-0.2, 0) is 0 Å². The van der Waals surface area contributed by atoms with Crippen LogP contribution in [0.1, 0.15) is 49.5 Å². The Bertz CT molecular complexity index is 533. The molecule has 0 amide bonds. The minimum Gasteiger partial charge on any atom is -0.325 e. The van der Waals surface area contributed by atoms with Crippen molar-refractivity contribution in [1.82, 2.24) is 9.55 Å². The molecule has 3 rings (SSSR count). The Labute approximate surface area is 103 Å². The molecule has 1 heterocycles. The maximum absolute atomic E-state index is 4.69. The summed E-state index contributed by atoms with van der Waals surface area (Å²) in [5, 5.41) is 0. The van der Waals surface area contributed by atoms with E-state index in [4.69, 9.17) is 4.98 Å². The summed E-state index contributed by atoms with van der Waals surface area (Å²) in [5.41, 5.74) is 3.81. The summed E-state index contributed by atoms with van der Waals surface area (Å²) in [5.74, 6) is 1.18. The first-order valence-electron chi connectivity index (χ1n) is 6.71. The summed E-state index contributed by atoms with van der Waals surface area (Å²) in [6.45, 7) is 4.30. The van der Waals surface area contributed by atoms with Crippen LogP contribution in [0.3, 0.4) is 0 Å². The molecular weight excluding hydrogens is 208 g/mol. The molecule has 1 aromatic heterocycles. The molecule has 0 aliphatic heterocycles. The number of hydrogen-bond donors (Lipinski definition) is 0. The maximum atomic E-state index is 4.69. The lowest BCUT2D eigenvalue weighted by Crippen LogP contribution is -2.14. The van der Waals surface area contributed by atoms with Gasteiger partial charge < -0.3 is 4.57 Å². The van der Waals surface area contributed by atoms with Crippen molar-refractivity contribution >= 4 is 11.0 Å². The second-order valence-corrected chi connectivity index (χ2v) is 5.31. The third kappa shape index (κ3) is 1.86. The van der Waals surface area contributed by atoms with E-state index in [-0.39, 0.29) is 0 Å². The van der Waals surface area contributed by atoms with Gasteiger partial charge in [0.2, 0.25) is 0 Å². The van der Waals surface area contributed by atoms with Crippen molar-refractivity contribution in [3.63, 3.8) is 0 Å². The highest BCUT2D eigenvalue weighted by molar-refractivity contribution is 5.77. The van der Waals surface area contributed by atoms with Crippen LogP contribution in [0.5, 0.6) is 0 Å². The van der Waals surface area contributed by atoms with Crippen LogP contribution in [0.15, 0.2) is 18.2 Å². The topological polar surface area (TPSA) is 17.8 Å². The van der Waals surface area contributed by atoms with Crippen molar-refractivity contribution < 1.29 is 0 Å². The Kier molecular flexibility index (Phi) is 2.65. The first kappa shape index (κ1) is 10.8. The first-order valence-corrected chi connectivity index (χ1v) is 6.71. The molecule has 2 heteroatoms. The van der Waals surface area contributed by atoms with Crippen LogP contribution >= 0.6 is 0 Å². The van der Waals surface area contributed by atoms with Gasteiger partial charge >= 0.3 is 0 Å². The first-order chi connectivity index (χ1) is 8.25. The van der Waals surface area contributed by atoms with E-state index in [1.165, 1.54) is 49.0 Å². The van der Waals surface area contributed by atoms with E-state index in [0.29, 0.717) is 6.04 Å². The molecule has 0 unspecified atom stereocenters. The van der Waals surface area contributed by atoms with Gasteiger partial charge in [0, 0.05) is 6.04 Å². The lowest BCUT2D eigenvalue weighted by molar-refractivity contribution is 0.355. The van der Waals surface area contributed by atoms with E-state index in [1.54, 1.807) is 0 Å². The molecule has 2 nitrogen and oxygen atoms in total. The zero-order valence-electron chi connectivity index (χ0n) is 10.7. The normalized spacial score (nSPS) is 17.8. The monoisotopic (exact) mass is 228 g/mol. The molecule has 2 aromatic rings. The number of hydrogen-bond acceptors (Lipinski definition) is 1. The number of rotatable bonds is 1. The largest absolute Gasteiger partial charge is 0.325 e. The van der Waals surface area contributed by atoms with E-state index in [9.17, 15) is 0 Å². The fourth-order valence-electron chi connectivity index (χ4n) is 3.12. The van der Waals surface area contributed by atoms with Gasteiger partial charge in [0.1, 0.15) is 5.82 Å². The summed E-state index contributed by atoms with van der Waals surface area (Å²) in [6.07, 6.45) is 6.78. The molecule has 1 saturated carbocycles. The maximum Gasteiger partial charge on any atom is 0.106 e. The van der Waals surface area contributed by atoms with Crippen molar-refractivity contribution in [2.24, 2.45) is 0 Å². The van der Waals surface area contributed by atoms with Gasteiger partial charge in [0.15, 0.2) is 0 Å². The summed E-state index contributed by atoms with van der Waals surface area (Å²) >= 11 is 0. The quantitative estimate of drug-likeness (QED) is 0.716. The summed E-state index contributed by atoms with van der Waals surface area (Å²) in [4.78, 5) is 4.69. The van der Waals surface area contributed by atoms with Gasteiger partial charge in [0.25, 0.3) is 0 Å². The molecule has 0 N–H and O–H groups in total. The molecule has 0 saturated heterocycles. The van der Waals surface area contributed by atoms with Crippen LogP contribution < -0.4 is 0 Å². The van der Waals surface area contributed by atoms with Gasteiger partial charge in [0.05, 0.1) is 11.0 Å². The minimum absolute atomic E-state index is 0.676. The fraction of sp³-hybridized carbons (Fsp3) is 0.533. The lowest BCUT2D eigenvalue weighted by Gasteiger charge is -2.25. The van der Waals surface area contributed by atoms with Crippen molar-refractivity contribution in [3.8, 4) is 0 Å². The zero-order valence-corrected chi connectivity index (χ0v) is 10.7. The van der Waals surface area contributed by atoms with Crippen molar-refractivity contribution in [3.05, 3.63) is 29.6 Å². The van der Waals surface area contributed by atoms with Crippen LogP contribution in [0.2, 0.25) is 0 Å². The van der Waals surface area contributed by atoms with E-state index >= 15 is 0 Å². The Morgan fingerprint density at radius 3 is 2.65 bits per heavy atom. The summed E-state index contributed by atoms with van der Waals surface area (Å²) < 4.78 is 2.47. The van der Waals surface area contributed by atoms with Gasteiger partial charge in [-0.3, -0.25) is 0 Å². The Hall–Kier alpha value is -1.31. The molecule has 90 valence electrons. The third-order valence-electron chi connectivity index (χ3n) is 3.96. The SMILES string of the molecule is Cc1ccc2nc(C)n(C3CCCCC3)c2c1. The molecule has 1 aliphatic rings. The number of nitrogens with zero attached hydrogens (tertiary/aromatic N) is 2. The van der Waals surface area contributed by atoms with Gasteiger partial charge in [-0.1, -0.05) is 25.3 Å². The van der Waals surface area contributed by atoms with Gasteiger partial charge in [-0.25, -0.2) is 4.98 Å². The predicted molar refractivity (Wildman–Crippen MR) is 71.3 cm³/mol. The number of aryl methyl sites for hydroxylation is 2. The fourth-order valence-corrected chi connectivity index (χ4v) is 3.12. The molecule has 1 aliphatic carbocycles. The summed E-state index contributed by atoms with van der Waals surface area (Å²) in [6, 6.07) is 7.26. The van der Waals surface area contributed by atoms with Crippen molar-refractivity contribution in [2.45, 2.75) is 52.0 Å². The average molecular weight is 228 g/mol. The number of imidazole rings is 1. The highest BCUT2D eigenvalue weighted by Gasteiger charge is 2.19. The summed E-state index contributed by atoms with van der Waals surface area (Å²) in [7, 11) is 0. The lowest BCUT2D eigenvalue weighted by atomic mass is 9.95. The van der Waals surface area contributed by atoms with Crippen LogP contribution in [0.25, 0.3) is 11.0 Å². The highest BCUT2D eigenvalue weighted by atomic mass is 15.1. The molecule has 1 fully saturated rings. The van der Waals surface area contributed by atoms with Gasteiger partial charge in [-0.05, 0) is 44.4 Å². The third-order valence-corrected chi connectivity index (χ3v) is 3.96. The Balaban J connectivity index is 2.13. The Morgan fingerprint density at radius 1 is 1.12 bits per heavy atom. The Morgan fingerprint density at radius 2 is 1.88 bits per heavy atom. The van der Waals surface area contributed by atoms with Crippen LogP contribution in [0, 0.1) is 13.8 Å². The van der Waals surface area contributed by atoms with Crippen LogP contribution in [0.4, 0.5) is 0 Å². The highest BCUT2D eigenvalue weighted by Crippen LogP contribution is 2.32. The van der Waals surface area contributed by atoms with E-state index < -0.39 is 0 Å². The zero-order chi connectivity index (χ0) is 11.8. The number of fused-ring (bicyclic) bond motifs is 1. The average Bonchev–Trinajstić information content (AvgIpc) is 2.65. The van der Waals surface area contributed by atoms with Gasteiger partial charge in [-0.15, -0.1) is 0 Å². The molecule has 0 atom stereocenters. The smallest absolute Gasteiger partial charge is 0.106 e. The predicted octanol–water partition coefficient (Wildman–Crippen LogP) is 4.16. The van der Waals surface area contributed by atoms with Gasteiger partial charge in [-0.2, -0.15) is 0 Å². The van der Waals surface area contributed by atoms with Crippen molar-refractivity contribution in [1.29, 1.82) is 0 Å². The van der Waals surface area contributed by atoms with E-state index in [0.717, 1.165) is 5.52 Å².